The van der Waals surface area contributed by atoms with Crippen molar-refractivity contribution in [3.8, 4) is 5.75 Å². The number of aliphatic hydroxyl groups is 1. The van der Waals surface area contributed by atoms with Gasteiger partial charge in [-0.1, -0.05) is 23.7 Å². The standard InChI is InChI=1S/C14H11ClFIO2/c15-12-6-11(16)3-2-10(12)8-19-14-4-1-9(7-18)5-13(14)17/h1-6,18H,7-8H2. The minimum Gasteiger partial charge on any atom is -0.488 e. The third-order valence-corrected chi connectivity index (χ3v) is 3.77. The zero-order chi connectivity index (χ0) is 13.8. The molecule has 0 unspecified atom stereocenters. The second-order valence-corrected chi connectivity index (χ2v) is 5.52. The summed E-state index contributed by atoms with van der Waals surface area (Å²) in [6, 6.07) is 9.66. The topological polar surface area (TPSA) is 29.5 Å². The first-order valence-electron chi connectivity index (χ1n) is 5.56. The molecule has 0 atom stereocenters. The number of rotatable bonds is 4. The van der Waals surface area contributed by atoms with E-state index >= 15 is 0 Å². The number of hydrogen-bond donors (Lipinski definition) is 1. The Balaban J connectivity index is 2.10. The first kappa shape index (κ1) is 14.6. The molecule has 2 aromatic rings. The molecule has 0 radical (unpaired) electrons. The summed E-state index contributed by atoms with van der Waals surface area (Å²) in [5.74, 6) is 0.342. The van der Waals surface area contributed by atoms with Crippen LogP contribution >= 0.6 is 34.2 Å². The number of benzene rings is 2. The van der Waals surface area contributed by atoms with E-state index in [-0.39, 0.29) is 19.0 Å². The van der Waals surface area contributed by atoms with Crippen LogP contribution in [0.15, 0.2) is 36.4 Å². The Morgan fingerprint density at radius 3 is 2.63 bits per heavy atom. The van der Waals surface area contributed by atoms with Gasteiger partial charge >= 0.3 is 0 Å². The lowest BCUT2D eigenvalue weighted by Crippen LogP contribution is -1.99. The van der Waals surface area contributed by atoms with E-state index in [1.807, 2.05) is 6.07 Å². The van der Waals surface area contributed by atoms with Crippen LogP contribution in [0.3, 0.4) is 0 Å². The van der Waals surface area contributed by atoms with E-state index in [0.29, 0.717) is 10.8 Å². The van der Waals surface area contributed by atoms with Crippen LogP contribution in [0, 0.1) is 9.39 Å². The van der Waals surface area contributed by atoms with Crippen LogP contribution in [0.1, 0.15) is 11.1 Å². The Morgan fingerprint density at radius 2 is 2.00 bits per heavy atom. The van der Waals surface area contributed by atoms with E-state index < -0.39 is 0 Å². The normalized spacial score (nSPS) is 10.5. The van der Waals surface area contributed by atoms with E-state index in [0.717, 1.165) is 14.7 Å². The minimum atomic E-state index is -0.365. The van der Waals surface area contributed by atoms with Gasteiger partial charge in [-0.15, -0.1) is 0 Å². The molecular formula is C14H11ClFIO2. The van der Waals surface area contributed by atoms with Crippen molar-refractivity contribution in [3.05, 3.63) is 61.9 Å². The molecule has 0 aliphatic heterocycles. The van der Waals surface area contributed by atoms with Gasteiger partial charge in [0.2, 0.25) is 0 Å². The Hall–Kier alpha value is -0.850. The third-order valence-electron chi connectivity index (χ3n) is 2.58. The van der Waals surface area contributed by atoms with Crippen molar-refractivity contribution in [1.82, 2.24) is 0 Å². The Morgan fingerprint density at radius 1 is 1.21 bits per heavy atom. The molecule has 2 rings (SSSR count). The van der Waals surface area contributed by atoms with Crippen molar-refractivity contribution in [2.45, 2.75) is 13.2 Å². The van der Waals surface area contributed by atoms with Crippen LogP contribution in [-0.4, -0.2) is 5.11 Å². The quantitative estimate of drug-likeness (QED) is 0.792. The molecule has 0 saturated carbocycles. The molecule has 2 aromatic carbocycles. The van der Waals surface area contributed by atoms with E-state index in [4.69, 9.17) is 21.4 Å². The highest BCUT2D eigenvalue weighted by Gasteiger charge is 2.06. The molecule has 0 aliphatic carbocycles. The molecular weight excluding hydrogens is 382 g/mol. The van der Waals surface area contributed by atoms with E-state index in [1.165, 1.54) is 12.1 Å². The molecule has 19 heavy (non-hydrogen) atoms. The molecule has 0 saturated heterocycles. The highest BCUT2D eigenvalue weighted by atomic mass is 127. The zero-order valence-corrected chi connectivity index (χ0v) is 12.8. The van der Waals surface area contributed by atoms with E-state index in [9.17, 15) is 4.39 Å². The van der Waals surface area contributed by atoms with Crippen LogP contribution < -0.4 is 4.74 Å². The lowest BCUT2D eigenvalue weighted by Gasteiger charge is -2.10. The summed E-state index contributed by atoms with van der Waals surface area (Å²) in [4.78, 5) is 0. The Bertz CT molecular complexity index is 590. The van der Waals surface area contributed by atoms with Crippen LogP contribution in [0.2, 0.25) is 5.02 Å². The maximum atomic E-state index is 12.9. The van der Waals surface area contributed by atoms with Gasteiger partial charge in [0, 0.05) is 5.56 Å². The lowest BCUT2D eigenvalue weighted by atomic mass is 10.2. The second kappa shape index (κ2) is 6.54. The maximum absolute atomic E-state index is 12.9. The number of halogens is 3. The van der Waals surface area contributed by atoms with Gasteiger partial charge < -0.3 is 9.84 Å². The minimum absolute atomic E-state index is 0.0000713. The predicted octanol–water partition coefficient (Wildman–Crippen LogP) is 4.16. The van der Waals surface area contributed by atoms with Gasteiger partial charge in [-0.3, -0.25) is 0 Å². The van der Waals surface area contributed by atoms with Crippen molar-refractivity contribution in [3.63, 3.8) is 0 Å². The zero-order valence-electron chi connectivity index (χ0n) is 9.87. The largest absolute Gasteiger partial charge is 0.488 e. The fourth-order valence-electron chi connectivity index (χ4n) is 1.55. The van der Waals surface area contributed by atoms with Crippen LogP contribution in [0.4, 0.5) is 4.39 Å². The molecule has 2 nitrogen and oxygen atoms in total. The molecule has 0 bridgehead atoms. The SMILES string of the molecule is OCc1ccc(OCc2ccc(F)cc2Cl)c(I)c1. The Kier molecular flexibility index (Phi) is 5.01. The fraction of sp³-hybridized carbons (Fsp3) is 0.143. The summed E-state index contributed by atoms with van der Waals surface area (Å²) in [5, 5.41) is 9.38. The van der Waals surface area contributed by atoms with Crippen molar-refractivity contribution < 1.29 is 14.2 Å². The molecule has 0 fully saturated rings. The maximum Gasteiger partial charge on any atom is 0.133 e. The average Bonchev–Trinajstić information content (AvgIpc) is 2.39. The molecule has 0 spiro atoms. The first-order valence-corrected chi connectivity index (χ1v) is 7.02. The highest BCUT2D eigenvalue weighted by Crippen LogP contribution is 2.25. The van der Waals surface area contributed by atoms with Crippen molar-refractivity contribution in [2.75, 3.05) is 0 Å². The fourth-order valence-corrected chi connectivity index (χ4v) is 2.51. The smallest absolute Gasteiger partial charge is 0.133 e. The predicted molar refractivity (Wildman–Crippen MR) is 80.8 cm³/mol. The third kappa shape index (κ3) is 3.81. The van der Waals surface area contributed by atoms with E-state index in [2.05, 4.69) is 22.6 Å². The summed E-state index contributed by atoms with van der Waals surface area (Å²) < 4.78 is 19.5. The molecule has 1 N–H and O–H groups in total. The summed E-state index contributed by atoms with van der Waals surface area (Å²) >= 11 is 8.07. The summed E-state index contributed by atoms with van der Waals surface area (Å²) in [5.41, 5.74) is 1.56. The van der Waals surface area contributed by atoms with Crippen LogP contribution in [0.25, 0.3) is 0 Å². The second-order valence-electron chi connectivity index (χ2n) is 3.95. The number of aliphatic hydroxyl groups excluding tert-OH is 1. The Labute approximate surface area is 129 Å². The summed E-state index contributed by atoms with van der Waals surface area (Å²) in [6.07, 6.45) is 0. The lowest BCUT2D eigenvalue weighted by molar-refractivity contribution is 0.280. The molecule has 5 heteroatoms. The summed E-state index contributed by atoms with van der Waals surface area (Å²) in [6.45, 7) is 0.271. The van der Waals surface area contributed by atoms with Gasteiger partial charge in [0.25, 0.3) is 0 Å². The molecule has 0 aliphatic rings. The monoisotopic (exact) mass is 392 g/mol. The number of hydrogen-bond acceptors (Lipinski definition) is 2. The van der Waals surface area contributed by atoms with Gasteiger partial charge in [-0.05, 0) is 52.4 Å². The van der Waals surface area contributed by atoms with Gasteiger partial charge in [-0.25, -0.2) is 4.39 Å². The van der Waals surface area contributed by atoms with Gasteiger partial charge in [0.1, 0.15) is 18.2 Å². The first-order chi connectivity index (χ1) is 9.10. The number of ether oxygens (including phenoxy) is 1. The summed E-state index contributed by atoms with van der Waals surface area (Å²) in [7, 11) is 0. The van der Waals surface area contributed by atoms with Crippen molar-refractivity contribution in [1.29, 1.82) is 0 Å². The van der Waals surface area contributed by atoms with Gasteiger partial charge in [-0.2, -0.15) is 0 Å². The van der Waals surface area contributed by atoms with Crippen molar-refractivity contribution >= 4 is 34.2 Å². The molecule has 0 amide bonds. The van der Waals surface area contributed by atoms with Crippen LogP contribution in [-0.2, 0) is 13.2 Å². The molecule has 0 aromatic heterocycles. The van der Waals surface area contributed by atoms with E-state index in [1.54, 1.807) is 18.2 Å². The highest BCUT2D eigenvalue weighted by molar-refractivity contribution is 14.1. The average molecular weight is 393 g/mol. The van der Waals surface area contributed by atoms with Gasteiger partial charge in [0.05, 0.1) is 15.2 Å². The van der Waals surface area contributed by atoms with Crippen LogP contribution in [0.5, 0.6) is 5.75 Å². The molecule has 0 heterocycles. The molecule has 100 valence electrons. The van der Waals surface area contributed by atoms with Gasteiger partial charge in [0.15, 0.2) is 0 Å². The van der Waals surface area contributed by atoms with Crippen molar-refractivity contribution in [2.24, 2.45) is 0 Å².